The second kappa shape index (κ2) is 7.19. The first-order chi connectivity index (χ1) is 9.68. The molecule has 2 N–H and O–H groups in total. The molecule has 6 heteroatoms. The molecule has 0 radical (unpaired) electrons. The zero-order chi connectivity index (χ0) is 14.4. The highest BCUT2D eigenvalue weighted by molar-refractivity contribution is 5.97. The van der Waals surface area contributed by atoms with Crippen LogP contribution in [0.15, 0.2) is 18.2 Å². The van der Waals surface area contributed by atoms with E-state index in [0.717, 1.165) is 30.6 Å². The van der Waals surface area contributed by atoms with Crippen molar-refractivity contribution in [1.82, 2.24) is 5.32 Å². The van der Waals surface area contributed by atoms with E-state index < -0.39 is 13.0 Å². The molecule has 0 aliphatic carbocycles. The number of benzene rings is 1. The third kappa shape index (κ3) is 3.90. The lowest BCUT2D eigenvalue weighted by molar-refractivity contribution is 0.0188. The number of alkyl halides is 2. The average Bonchev–Trinajstić information content (AvgIpc) is 2.45. The third-order valence-corrected chi connectivity index (χ3v) is 3.12. The fourth-order valence-electron chi connectivity index (χ4n) is 2.23. The number of fused-ring (bicyclic) bond motifs is 1. The molecule has 110 valence electrons. The molecule has 1 heterocycles. The van der Waals surface area contributed by atoms with Gasteiger partial charge >= 0.3 is 0 Å². The molecule has 0 fully saturated rings. The number of nitrogens with one attached hydrogen (secondary N) is 2. The maximum atomic E-state index is 12.1. The van der Waals surface area contributed by atoms with Gasteiger partial charge in [-0.3, -0.25) is 4.79 Å². The van der Waals surface area contributed by atoms with Crippen LogP contribution in [0.25, 0.3) is 0 Å². The second-order valence-electron chi connectivity index (χ2n) is 4.58. The molecular formula is C14H18F2N2O2. The first-order valence-electron chi connectivity index (χ1n) is 6.68. The normalized spacial score (nSPS) is 13.8. The largest absolute Gasteiger partial charge is 0.385 e. The van der Waals surface area contributed by atoms with Gasteiger partial charge < -0.3 is 15.4 Å². The molecule has 1 amide bonds. The van der Waals surface area contributed by atoms with E-state index >= 15 is 0 Å². The summed E-state index contributed by atoms with van der Waals surface area (Å²) in [4.78, 5) is 12.1. The number of amides is 1. The van der Waals surface area contributed by atoms with Crippen LogP contribution >= 0.6 is 0 Å². The number of rotatable bonds is 6. The molecule has 0 unspecified atom stereocenters. The molecule has 20 heavy (non-hydrogen) atoms. The summed E-state index contributed by atoms with van der Waals surface area (Å²) in [6.45, 7) is 0.631. The predicted octanol–water partition coefficient (Wildman–Crippen LogP) is 2.06. The number of hydrogen-bond donors (Lipinski definition) is 2. The van der Waals surface area contributed by atoms with Crippen LogP contribution in [-0.4, -0.2) is 38.6 Å². The van der Waals surface area contributed by atoms with Gasteiger partial charge in [-0.2, -0.15) is 0 Å². The summed E-state index contributed by atoms with van der Waals surface area (Å²) in [5.41, 5.74) is 2.66. The number of ether oxygens (including phenoxy) is 1. The summed E-state index contributed by atoms with van der Waals surface area (Å²) in [5.74, 6) is -0.189. The van der Waals surface area contributed by atoms with Gasteiger partial charge in [-0.1, -0.05) is 6.07 Å². The summed E-state index contributed by atoms with van der Waals surface area (Å²) in [7, 11) is 0. The van der Waals surface area contributed by atoms with Crippen LogP contribution in [0, 0.1) is 0 Å². The van der Waals surface area contributed by atoms with Crippen molar-refractivity contribution in [3.05, 3.63) is 29.3 Å². The fourth-order valence-corrected chi connectivity index (χ4v) is 2.23. The molecule has 1 aromatic carbocycles. The lowest BCUT2D eigenvalue weighted by atomic mass is 9.97. The zero-order valence-electron chi connectivity index (χ0n) is 11.1. The van der Waals surface area contributed by atoms with E-state index in [9.17, 15) is 13.6 Å². The van der Waals surface area contributed by atoms with Crippen LogP contribution in [-0.2, 0) is 11.2 Å². The summed E-state index contributed by atoms with van der Waals surface area (Å²) in [6.07, 6.45) is -0.610. The molecule has 1 aliphatic rings. The van der Waals surface area contributed by atoms with Gasteiger partial charge in [0.15, 0.2) is 0 Å². The summed E-state index contributed by atoms with van der Waals surface area (Å²) < 4.78 is 28.4. The Morgan fingerprint density at radius 1 is 1.45 bits per heavy atom. The molecule has 0 atom stereocenters. The lowest BCUT2D eigenvalue weighted by Crippen LogP contribution is -2.29. The highest BCUT2D eigenvalue weighted by atomic mass is 19.3. The average molecular weight is 284 g/mol. The van der Waals surface area contributed by atoms with Crippen molar-refractivity contribution >= 4 is 11.6 Å². The highest BCUT2D eigenvalue weighted by Gasteiger charge is 2.16. The Bertz CT molecular complexity index is 466. The first kappa shape index (κ1) is 14.7. The maximum absolute atomic E-state index is 12.1. The van der Waals surface area contributed by atoms with Crippen molar-refractivity contribution in [3.8, 4) is 0 Å². The second-order valence-corrected chi connectivity index (χ2v) is 4.58. The minimum Gasteiger partial charge on any atom is -0.385 e. The van der Waals surface area contributed by atoms with E-state index in [4.69, 9.17) is 4.74 Å². The molecule has 4 nitrogen and oxygen atoms in total. The summed E-state index contributed by atoms with van der Waals surface area (Å²) >= 11 is 0. The van der Waals surface area contributed by atoms with E-state index in [1.165, 1.54) is 0 Å². The predicted molar refractivity (Wildman–Crippen MR) is 72.4 cm³/mol. The van der Waals surface area contributed by atoms with Gasteiger partial charge in [0.1, 0.15) is 6.61 Å². The van der Waals surface area contributed by atoms with E-state index in [1.54, 1.807) is 6.07 Å². The molecular weight excluding hydrogens is 266 g/mol. The maximum Gasteiger partial charge on any atom is 0.261 e. The Labute approximate surface area is 116 Å². The number of anilines is 1. The van der Waals surface area contributed by atoms with Crippen LogP contribution in [0.2, 0.25) is 0 Å². The minimum atomic E-state index is -2.47. The standard InChI is InChI=1S/C14H18F2N2O2/c15-13(16)9-20-8-7-18-14(19)11-3-1-5-12-10(11)4-2-6-17-12/h1,3,5,13,17H,2,4,6-9H2,(H,18,19). The Balaban J connectivity index is 1.86. The molecule has 0 saturated heterocycles. The smallest absolute Gasteiger partial charge is 0.261 e. The SMILES string of the molecule is O=C(NCCOCC(F)F)c1cccc2c1CCCN2. The van der Waals surface area contributed by atoms with Crippen molar-refractivity contribution in [2.45, 2.75) is 19.3 Å². The Hall–Kier alpha value is -1.69. The van der Waals surface area contributed by atoms with Gasteiger partial charge in [-0.25, -0.2) is 8.78 Å². The molecule has 1 aliphatic heterocycles. The lowest BCUT2D eigenvalue weighted by Gasteiger charge is -2.20. The molecule has 2 rings (SSSR count). The van der Waals surface area contributed by atoms with Crippen molar-refractivity contribution in [3.63, 3.8) is 0 Å². The monoisotopic (exact) mass is 284 g/mol. The summed E-state index contributed by atoms with van der Waals surface area (Å²) in [6, 6.07) is 5.57. The quantitative estimate of drug-likeness (QED) is 0.786. The number of hydrogen-bond acceptors (Lipinski definition) is 3. The number of halogens is 2. The van der Waals surface area contributed by atoms with Crippen LogP contribution in [0.4, 0.5) is 14.5 Å². The molecule has 1 aromatic rings. The van der Waals surface area contributed by atoms with Crippen LogP contribution < -0.4 is 10.6 Å². The van der Waals surface area contributed by atoms with Gasteiger partial charge in [-0.15, -0.1) is 0 Å². The van der Waals surface area contributed by atoms with Crippen molar-refractivity contribution in [1.29, 1.82) is 0 Å². The zero-order valence-corrected chi connectivity index (χ0v) is 11.1. The van der Waals surface area contributed by atoms with Gasteiger partial charge in [0.25, 0.3) is 12.3 Å². The van der Waals surface area contributed by atoms with Crippen LogP contribution in [0.1, 0.15) is 22.3 Å². The van der Waals surface area contributed by atoms with E-state index in [2.05, 4.69) is 10.6 Å². The van der Waals surface area contributed by atoms with E-state index in [1.807, 2.05) is 12.1 Å². The Morgan fingerprint density at radius 3 is 3.10 bits per heavy atom. The van der Waals surface area contributed by atoms with Crippen LogP contribution in [0.5, 0.6) is 0 Å². The molecule has 0 bridgehead atoms. The van der Waals surface area contributed by atoms with Gasteiger partial charge in [-0.05, 0) is 30.5 Å². The summed E-state index contributed by atoms with van der Waals surface area (Å²) in [5, 5.41) is 5.94. The number of carbonyl (C=O) groups is 1. The Morgan fingerprint density at radius 2 is 2.30 bits per heavy atom. The van der Waals surface area contributed by atoms with Gasteiger partial charge in [0.2, 0.25) is 0 Å². The molecule has 0 spiro atoms. The third-order valence-electron chi connectivity index (χ3n) is 3.12. The van der Waals surface area contributed by atoms with Crippen LogP contribution in [0.3, 0.4) is 0 Å². The minimum absolute atomic E-state index is 0.0867. The van der Waals surface area contributed by atoms with Crippen molar-refractivity contribution < 1.29 is 18.3 Å². The van der Waals surface area contributed by atoms with Crippen molar-refractivity contribution in [2.24, 2.45) is 0 Å². The molecule has 0 aromatic heterocycles. The highest BCUT2D eigenvalue weighted by Crippen LogP contribution is 2.25. The van der Waals surface area contributed by atoms with Gasteiger partial charge in [0.05, 0.1) is 6.61 Å². The van der Waals surface area contributed by atoms with E-state index in [0.29, 0.717) is 5.56 Å². The molecule has 0 saturated carbocycles. The number of carbonyl (C=O) groups excluding carboxylic acids is 1. The Kier molecular flexibility index (Phi) is 5.29. The van der Waals surface area contributed by atoms with Crippen molar-refractivity contribution in [2.75, 3.05) is 31.6 Å². The van der Waals surface area contributed by atoms with E-state index in [-0.39, 0.29) is 19.1 Å². The first-order valence-corrected chi connectivity index (χ1v) is 6.68. The van der Waals surface area contributed by atoms with Gasteiger partial charge in [0, 0.05) is 24.3 Å². The fraction of sp³-hybridized carbons (Fsp3) is 0.500. The topological polar surface area (TPSA) is 50.4 Å².